The molecule has 8 heteroatoms. The zero-order valence-electron chi connectivity index (χ0n) is 22.6. The monoisotopic (exact) mass is 560 g/mol. The lowest BCUT2D eigenvalue weighted by molar-refractivity contribution is 0.435. The highest BCUT2D eigenvalue weighted by Gasteiger charge is 2.35. The van der Waals surface area contributed by atoms with Crippen LogP contribution in [0.5, 0.6) is 0 Å². The van der Waals surface area contributed by atoms with Gasteiger partial charge in [0.25, 0.3) is 0 Å². The molecule has 1 aliphatic carbocycles. The molecule has 3 aromatic rings. The van der Waals surface area contributed by atoms with Crippen molar-refractivity contribution in [2.75, 3.05) is 34.8 Å². The van der Waals surface area contributed by atoms with E-state index < -0.39 is 0 Å². The molecule has 6 rings (SSSR count). The standard InChI is InChI=1S/C31H37ClN6S/c1-22-7-6-16-37(18-22)27-17-28(38-19-23-8-2-3-9-24(23)20-38)35-29(34-27)36-30(39)33-21-31(14-4-5-15-31)25-10-12-26(32)13-11-25/h2-3,8-13,17,22H,4-7,14-16,18-21H2,1H3,(H2,33,34,35,36,39). The normalized spacial score (nSPS) is 20.1. The van der Waals surface area contributed by atoms with Gasteiger partial charge in [-0.15, -0.1) is 0 Å². The first kappa shape index (κ1) is 26.3. The number of thiocarbonyl (C=S) groups is 1. The predicted molar refractivity (Wildman–Crippen MR) is 165 cm³/mol. The molecule has 1 atom stereocenters. The summed E-state index contributed by atoms with van der Waals surface area (Å²) in [5.74, 6) is 3.12. The third kappa shape index (κ3) is 5.85. The lowest BCUT2D eigenvalue weighted by Crippen LogP contribution is -2.41. The highest BCUT2D eigenvalue weighted by atomic mass is 35.5. The third-order valence-corrected chi connectivity index (χ3v) is 9.17. The number of benzene rings is 2. The summed E-state index contributed by atoms with van der Waals surface area (Å²) in [5.41, 5.74) is 4.11. The molecule has 2 aromatic carbocycles. The summed E-state index contributed by atoms with van der Waals surface area (Å²) in [6.07, 6.45) is 7.19. The summed E-state index contributed by atoms with van der Waals surface area (Å²) in [7, 11) is 0. The Morgan fingerprint density at radius 3 is 2.31 bits per heavy atom. The van der Waals surface area contributed by atoms with Gasteiger partial charge in [0.15, 0.2) is 5.11 Å². The van der Waals surface area contributed by atoms with Gasteiger partial charge in [0, 0.05) is 49.2 Å². The van der Waals surface area contributed by atoms with Gasteiger partial charge in [-0.2, -0.15) is 9.97 Å². The summed E-state index contributed by atoms with van der Waals surface area (Å²) < 4.78 is 0. The fourth-order valence-corrected chi connectivity index (χ4v) is 6.80. The maximum atomic E-state index is 6.18. The molecule has 1 unspecified atom stereocenters. The van der Waals surface area contributed by atoms with E-state index in [-0.39, 0.29) is 5.41 Å². The van der Waals surface area contributed by atoms with Gasteiger partial charge in [0.1, 0.15) is 11.6 Å². The Morgan fingerprint density at radius 2 is 1.64 bits per heavy atom. The van der Waals surface area contributed by atoms with E-state index in [1.54, 1.807) is 0 Å². The van der Waals surface area contributed by atoms with Crippen LogP contribution in [0.25, 0.3) is 0 Å². The van der Waals surface area contributed by atoms with Crippen molar-refractivity contribution in [3.8, 4) is 0 Å². The maximum Gasteiger partial charge on any atom is 0.232 e. The van der Waals surface area contributed by atoms with Crippen LogP contribution >= 0.6 is 23.8 Å². The molecule has 3 aliphatic rings. The van der Waals surface area contributed by atoms with Gasteiger partial charge in [-0.3, -0.25) is 0 Å². The smallest absolute Gasteiger partial charge is 0.232 e. The van der Waals surface area contributed by atoms with Gasteiger partial charge < -0.3 is 20.4 Å². The molecule has 0 spiro atoms. The average Bonchev–Trinajstić information content (AvgIpc) is 3.60. The Morgan fingerprint density at radius 1 is 0.974 bits per heavy atom. The van der Waals surface area contributed by atoms with Crippen LogP contribution < -0.4 is 20.4 Å². The van der Waals surface area contributed by atoms with Gasteiger partial charge in [-0.1, -0.05) is 67.8 Å². The molecule has 1 saturated heterocycles. The molecule has 39 heavy (non-hydrogen) atoms. The Hall–Kier alpha value is -2.90. The van der Waals surface area contributed by atoms with E-state index in [4.69, 9.17) is 33.8 Å². The molecule has 2 N–H and O–H groups in total. The SMILES string of the molecule is CC1CCCN(c2cc(N3Cc4ccccc4C3)nc(NC(=S)NCC3(c4ccc(Cl)cc4)CCCC3)n2)C1. The third-order valence-electron chi connectivity index (χ3n) is 8.67. The number of piperidine rings is 1. The molecule has 0 radical (unpaired) electrons. The van der Waals surface area contributed by atoms with Crippen molar-refractivity contribution in [2.45, 2.75) is 64.0 Å². The lowest BCUT2D eigenvalue weighted by atomic mass is 9.79. The number of hydrogen-bond donors (Lipinski definition) is 2. The quantitative estimate of drug-likeness (QED) is 0.326. The van der Waals surface area contributed by atoms with Crippen LogP contribution in [0, 0.1) is 5.92 Å². The summed E-state index contributed by atoms with van der Waals surface area (Å²) in [5, 5.41) is 8.20. The molecule has 204 valence electrons. The van der Waals surface area contributed by atoms with E-state index in [2.05, 4.69) is 69.8 Å². The molecule has 0 bridgehead atoms. The number of halogens is 1. The molecular weight excluding hydrogens is 524 g/mol. The van der Waals surface area contributed by atoms with Crippen LogP contribution in [0.2, 0.25) is 5.02 Å². The number of fused-ring (bicyclic) bond motifs is 1. The van der Waals surface area contributed by atoms with E-state index in [1.165, 1.54) is 42.4 Å². The summed E-state index contributed by atoms with van der Waals surface area (Å²) >= 11 is 12.0. The molecule has 1 saturated carbocycles. The van der Waals surface area contributed by atoms with Gasteiger partial charge in [-0.25, -0.2) is 0 Å². The average molecular weight is 561 g/mol. The van der Waals surface area contributed by atoms with Gasteiger partial charge >= 0.3 is 0 Å². The zero-order chi connectivity index (χ0) is 26.8. The van der Waals surface area contributed by atoms with Crippen molar-refractivity contribution in [2.24, 2.45) is 5.92 Å². The number of rotatable bonds is 6. The fraction of sp³-hybridized carbons (Fsp3) is 0.452. The Labute approximate surface area is 242 Å². The Kier molecular flexibility index (Phi) is 7.63. The topological polar surface area (TPSA) is 56.3 Å². The summed E-state index contributed by atoms with van der Waals surface area (Å²) in [6, 6.07) is 19.1. The van der Waals surface area contributed by atoms with Crippen LogP contribution in [0.1, 0.15) is 62.1 Å². The second-order valence-corrected chi connectivity index (χ2v) is 12.4. The molecule has 0 amide bonds. The van der Waals surface area contributed by atoms with Crippen molar-refractivity contribution in [3.05, 3.63) is 76.3 Å². The minimum absolute atomic E-state index is 0.0649. The highest BCUT2D eigenvalue weighted by molar-refractivity contribution is 7.80. The van der Waals surface area contributed by atoms with Crippen LogP contribution in [-0.2, 0) is 18.5 Å². The zero-order valence-corrected chi connectivity index (χ0v) is 24.2. The van der Waals surface area contributed by atoms with Crippen molar-refractivity contribution in [3.63, 3.8) is 0 Å². The second-order valence-electron chi connectivity index (χ2n) is 11.5. The fourth-order valence-electron chi connectivity index (χ4n) is 6.51. The number of anilines is 3. The first-order valence-corrected chi connectivity index (χ1v) is 15.0. The first-order valence-electron chi connectivity index (χ1n) is 14.2. The first-order chi connectivity index (χ1) is 19.0. The van der Waals surface area contributed by atoms with Crippen LogP contribution in [0.4, 0.5) is 17.6 Å². The molecular formula is C31H37ClN6S. The number of hydrogen-bond acceptors (Lipinski definition) is 5. The Bertz CT molecular complexity index is 1300. The highest BCUT2D eigenvalue weighted by Crippen LogP contribution is 2.41. The predicted octanol–water partition coefficient (Wildman–Crippen LogP) is 6.68. The van der Waals surface area contributed by atoms with E-state index >= 15 is 0 Å². The van der Waals surface area contributed by atoms with Crippen LogP contribution in [0.15, 0.2) is 54.6 Å². The molecule has 2 aliphatic heterocycles. The molecule has 3 heterocycles. The Balaban J connectivity index is 1.21. The maximum absolute atomic E-state index is 6.18. The van der Waals surface area contributed by atoms with Crippen LogP contribution in [-0.4, -0.2) is 34.7 Å². The number of aromatic nitrogens is 2. The minimum atomic E-state index is 0.0649. The van der Waals surface area contributed by atoms with E-state index in [0.717, 1.165) is 62.2 Å². The number of nitrogens with zero attached hydrogens (tertiary/aromatic N) is 4. The lowest BCUT2D eigenvalue weighted by Gasteiger charge is -2.33. The minimum Gasteiger partial charge on any atom is -0.361 e. The summed E-state index contributed by atoms with van der Waals surface area (Å²) in [4.78, 5) is 14.6. The molecule has 2 fully saturated rings. The van der Waals surface area contributed by atoms with E-state index in [9.17, 15) is 0 Å². The van der Waals surface area contributed by atoms with Crippen molar-refractivity contribution >= 4 is 46.5 Å². The largest absolute Gasteiger partial charge is 0.361 e. The molecule has 6 nitrogen and oxygen atoms in total. The molecule has 1 aromatic heterocycles. The van der Waals surface area contributed by atoms with Gasteiger partial charge in [0.05, 0.1) is 0 Å². The van der Waals surface area contributed by atoms with Crippen LogP contribution in [0.3, 0.4) is 0 Å². The van der Waals surface area contributed by atoms with E-state index in [1.807, 2.05) is 12.1 Å². The van der Waals surface area contributed by atoms with Gasteiger partial charge in [0.2, 0.25) is 5.95 Å². The summed E-state index contributed by atoms with van der Waals surface area (Å²) in [6.45, 7) is 6.85. The van der Waals surface area contributed by atoms with Crippen molar-refractivity contribution < 1.29 is 0 Å². The van der Waals surface area contributed by atoms with Gasteiger partial charge in [-0.05, 0) is 72.6 Å². The van der Waals surface area contributed by atoms with Crippen molar-refractivity contribution in [1.29, 1.82) is 0 Å². The second kappa shape index (κ2) is 11.3. The van der Waals surface area contributed by atoms with E-state index in [0.29, 0.717) is 17.0 Å². The number of nitrogens with one attached hydrogen (secondary N) is 2. The van der Waals surface area contributed by atoms with Crippen molar-refractivity contribution in [1.82, 2.24) is 15.3 Å².